The van der Waals surface area contributed by atoms with Gasteiger partial charge in [-0.1, -0.05) is 30.3 Å². The van der Waals surface area contributed by atoms with Crippen LogP contribution in [-0.4, -0.2) is 36.3 Å². The second-order valence-electron chi connectivity index (χ2n) is 4.21. The fourth-order valence-corrected chi connectivity index (χ4v) is 1.64. The predicted octanol–water partition coefficient (Wildman–Crippen LogP) is -0.385. The first-order chi connectivity index (χ1) is 9.11. The fourth-order valence-electron chi connectivity index (χ4n) is 1.64. The summed E-state index contributed by atoms with van der Waals surface area (Å²) in [5.41, 5.74) is 11.2. The molecule has 0 radical (unpaired) electrons. The minimum absolute atomic E-state index is 0.187. The molecule has 0 unspecified atom stereocenters. The summed E-state index contributed by atoms with van der Waals surface area (Å²) in [4.78, 5) is 24.2. The van der Waals surface area contributed by atoms with Crippen molar-refractivity contribution in [1.29, 1.82) is 0 Å². The Balaban J connectivity index is 2.48. The maximum absolute atomic E-state index is 11.6. The molecule has 0 aliphatic heterocycles. The summed E-state index contributed by atoms with van der Waals surface area (Å²) in [6, 6.07) is 9.84. The van der Waals surface area contributed by atoms with E-state index in [0.29, 0.717) is 19.6 Å². The molecule has 1 aromatic rings. The van der Waals surface area contributed by atoms with Crippen molar-refractivity contribution >= 4 is 11.8 Å². The van der Waals surface area contributed by atoms with Crippen LogP contribution in [0, 0.1) is 0 Å². The summed E-state index contributed by atoms with van der Waals surface area (Å²) < 4.78 is 0. The lowest BCUT2D eigenvalue weighted by atomic mass is 10.2. The predicted molar refractivity (Wildman–Crippen MR) is 72.7 cm³/mol. The second kappa shape index (κ2) is 8.23. The van der Waals surface area contributed by atoms with E-state index in [0.717, 1.165) is 5.56 Å². The molecule has 0 fully saturated rings. The Morgan fingerprint density at radius 3 is 2.47 bits per heavy atom. The summed E-state index contributed by atoms with van der Waals surface area (Å²) in [6.07, 6.45) is 0. The van der Waals surface area contributed by atoms with Gasteiger partial charge in [0.15, 0.2) is 0 Å². The fraction of sp³-hybridized carbons (Fsp3) is 0.385. The van der Waals surface area contributed by atoms with Gasteiger partial charge in [0.1, 0.15) is 0 Å². The molecule has 6 nitrogen and oxygen atoms in total. The molecular weight excluding hydrogens is 244 g/mol. The zero-order chi connectivity index (χ0) is 14.1. The average Bonchev–Trinajstić information content (AvgIpc) is 2.38. The lowest BCUT2D eigenvalue weighted by Crippen LogP contribution is -2.46. The van der Waals surface area contributed by atoms with Gasteiger partial charge in [0.25, 0.3) is 5.91 Å². The van der Waals surface area contributed by atoms with Crippen molar-refractivity contribution in [1.82, 2.24) is 15.8 Å². The number of hydrazine groups is 1. The van der Waals surface area contributed by atoms with Crippen LogP contribution in [0.3, 0.4) is 0 Å². The SMILES string of the molecule is CC(=O)NNC(=O)CN(CCN)Cc1ccccc1. The van der Waals surface area contributed by atoms with E-state index in [1.807, 2.05) is 35.2 Å². The molecule has 0 spiro atoms. The number of nitrogens with zero attached hydrogens (tertiary/aromatic N) is 1. The van der Waals surface area contributed by atoms with E-state index in [4.69, 9.17) is 5.73 Å². The van der Waals surface area contributed by atoms with Crippen molar-refractivity contribution in [2.45, 2.75) is 13.5 Å². The van der Waals surface area contributed by atoms with E-state index >= 15 is 0 Å². The number of benzene rings is 1. The number of nitrogens with two attached hydrogens (primary N) is 1. The van der Waals surface area contributed by atoms with Crippen LogP contribution in [-0.2, 0) is 16.1 Å². The van der Waals surface area contributed by atoms with Crippen LogP contribution in [0.15, 0.2) is 30.3 Å². The van der Waals surface area contributed by atoms with Crippen LogP contribution in [0.1, 0.15) is 12.5 Å². The van der Waals surface area contributed by atoms with E-state index < -0.39 is 0 Å². The van der Waals surface area contributed by atoms with Crippen LogP contribution in [0.5, 0.6) is 0 Å². The summed E-state index contributed by atoms with van der Waals surface area (Å²) in [7, 11) is 0. The standard InChI is InChI=1S/C13H20N4O2/c1-11(18)15-16-13(19)10-17(8-7-14)9-12-5-3-2-4-6-12/h2-6H,7-10,14H2,1H3,(H,15,18)(H,16,19). The number of carbonyl (C=O) groups excluding carboxylic acids is 2. The average molecular weight is 264 g/mol. The van der Waals surface area contributed by atoms with Gasteiger partial charge in [-0.15, -0.1) is 0 Å². The third kappa shape index (κ3) is 6.54. The van der Waals surface area contributed by atoms with Gasteiger partial charge >= 0.3 is 0 Å². The normalized spacial score (nSPS) is 10.3. The number of hydrogen-bond acceptors (Lipinski definition) is 4. The molecule has 2 amide bonds. The lowest BCUT2D eigenvalue weighted by molar-refractivity contribution is -0.128. The third-order valence-corrected chi connectivity index (χ3v) is 2.44. The third-order valence-electron chi connectivity index (χ3n) is 2.44. The molecule has 6 heteroatoms. The molecule has 19 heavy (non-hydrogen) atoms. The molecule has 0 bridgehead atoms. The monoisotopic (exact) mass is 264 g/mol. The maximum atomic E-state index is 11.6. The van der Waals surface area contributed by atoms with Gasteiger partial charge < -0.3 is 5.73 Å². The van der Waals surface area contributed by atoms with E-state index in [1.54, 1.807) is 0 Å². The van der Waals surface area contributed by atoms with E-state index in [2.05, 4.69) is 10.9 Å². The lowest BCUT2D eigenvalue weighted by Gasteiger charge is -2.21. The minimum atomic E-state index is -0.304. The van der Waals surface area contributed by atoms with Crippen molar-refractivity contribution in [3.63, 3.8) is 0 Å². The van der Waals surface area contributed by atoms with E-state index in [-0.39, 0.29) is 18.4 Å². The molecule has 0 saturated heterocycles. The van der Waals surface area contributed by atoms with Gasteiger partial charge in [0.05, 0.1) is 6.54 Å². The molecule has 4 N–H and O–H groups in total. The zero-order valence-electron chi connectivity index (χ0n) is 11.1. The summed E-state index contributed by atoms with van der Waals surface area (Å²) in [6.45, 7) is 3.25. The van der Waals surface area contributed by atoms with E-state index in [9.17, 15) is 9.59 Å². The molecule has 0 aromatic heterocycles. The highest BCUT2D eigenvalue weighted by Gasteiger charge is 2.10. The number of rotatable bonds is 6. The van der Waals surface area contributed by atoms with Crippen LogP contribution < -0.4 is 16.6 Å². The maximum Gasteiger partial charge on any atom is 0.252 e. The van der Waals surface area contributed by atoms with Crippen LogP contribution in [0.25, 0.3) is 0 Å². The largest absolute Gasteiger partial charge is 0.329 e. The topological polar surface area (TPSA) is 87.5 Å². The number of carbonyl (C=O) groups is 2. The molecule has 0 saturated carbocycles. The smallest absolute Gasteiger partial charge is 0.252 e. The highest BCUT2D eigenvalue weighted by atomic mass is 16.2. The first-order valence-corrected chi connectivity index (χ1v) is 6.13. The molecular formula is C13H20N4O2. The van der Waals surface area contributed by atoms with Crippen molar-refractivity contribution in [2.75, 3.05) is 19.6 Å². The summed E-state index contributed by atoms with van der Waals surface area (Å²) in [5.74, 6) is -0.568. The quantitative estimate of drug-likeness (QED) is 0.611. The first kappa shape index (κ1) is 15.1. The zero-order valence-corrected chi connectivity index (χ0v) is 11.1. The Hall–Kier alpha value is -1.92. The summed E-state index contributed by atoms with van der Waals surface area (Å²) in [5, 5.41) is 0. The van der Waals surface area contributed by atoms with Gasteiger partial charge in [-0.25, -0.2) is 0 Å². The Kier molecular flexibility index (Phi) is 6.56. The van der Waals surface area contributed by atoms with Gasteiger partial charge in [-0.05, 0) is 5.56 Å². The van der Waals surface area contributed by atoms with Crippen molar-refractivity contribution in [2.24, 2.45) is 5.73 Å². The Morgan fingerprint density at radius 2 is 1.89 bits per heavy atom. The molecule has 104 valence electrons. The molecule has 0 heterocycles. The van der Waals surface area contributed by atoms with Crippen molar-refractivity contribution in [3.05, 3.63) is 35.9 Å². The second-order valence-corrected chi connectivity index (χ2v) is 4.21. The Bertz CT molecular complexity index is 408. The van der Waals surface area contributed by atoms with Crippen molar-refractivity contribution < 1.29 is 9.59 Å². The molecule has 0 aliphatic carbocycles. The van der Waals surface area contributed by atoms with E-state index in [1.165, 1.54) is 6.92 Å². The number of hydrogen-bond donors (Lipinski definition) is 3. The van der Waals surface area contributed by atoms with Crippen LogP contribution in [0.4, 0.5) is 0 Å². The first-order valence-electron chi connectivity index (χ1n) is 6.13. The van der Waals surface area contributed by atoms with Crippen molar-refractivity contribution in [3.8, 4) is 0 Å². The molecule has 0 atom stereocenters. The number of amides is 2. The highest BCUT2D eigenvalue weighted by molar-refractivity contribution is 5.81. The van der Waals surface area contributed by atoms with Gasteiger partial charge in [0.2, 0.25) is 5.91 Å². The summed E-state index contributed by atoms with van der Waals surface area (Å²) >= 11 is 0. The molecule has 0 aliphatic rings. The van der Waals surface area contributed by atoms with Crippen LogP contribution >= 0.6 is 0 Å². The molecule has 1 rings (SSSR count). The Morgan fingerprint density at radius 1 is 1.21 bits per heavy atom. The van der Waals surface area contributed by atoms with Crippen LogP contribution in [0.2, 0.25) is 0 Å². The highest BCUT2D eigenvalue weighted by Crippen LogP contribution is 2.03. The molecule has 1 aromatic carbocycles. The Labute approximate surface area is 112 Å². The van der Waals surface area contributed by atoms with Gasteiger partial charge in [0, 0.05) is 26.6 Å². The minimum Gasteiger partial charge on any atom is -0.329 e. The van der Waals surface area contributed by atoms with Gasteiger partial charge in [-0.3, -0.25) is 25.3 Å². The number of nitrogens with one attached hydrogen (secondary N) is 2. The van der Waals surface area contributed by atoms with Gasteiger partial charge in [-0.2, -0.15) is 0 Å².